The summed E-state index contributed by atoms with van der Waals surface area (Å²) < 4.78 is 53.9. The molecule has 0 aliphatic heterocycles. The van der Waals surface area contributed by atoms with Gasteiger partial charge in [0.15, 0.2) is 10.3 Å². The molecule has 2 N–H and O–H groups in total. The van der Waals surface area contributed by atoms with Crippen molar-refractivity contribution >= 4 is 44.8 Å². The summed E-state index contributed by atoms with van der Waals surface area (Å²) in [4.78, 5) is 32.6. The molecule has 0 saturated carbocycles. The fraction of sp³-hybridized carbons (Fsp3) is 0.130. The van der Waals surface area contributed by atoms with E-state index in [1.54, 1.807) is 10.8 Å². The average molecular weight is 521 g/mol. The number of rotatable bonds is 8. The molecule has 2 amide bonds. The topological polar surface area (TPSA) is 84.0 Å². The fourth-order valence-corrected chi connectivity index (χ4v) is 4.53. The third-order valence-corrected chi connectivity index (χ3v) is 6.24. The summed E-state index contributed by atoms with van der Waals surface area (Å²) in [7, 11) is 0. The zero-order valence-corrected chi connectivity index (χ0v) is 19.4. The fourth-order valence-electron chi connectivity index (χ4n) is 3.08. The van der Waals surface area contributed by atoms with E-state index in [9.17, 15) is 27.2 Å². The van der Waals surface area contributed by atoms with Gasteiger partial charge >= 0.3 is 0 Å². The van der Waals surface area contributed by atoms with Gasteiger partial charge in [0, 0.05) is 46.9 Å². The summed E-state index contributed by atoms with van der Waals surface area (Å²) >= 11 is 2.18. The summed E-state index contributed by atoms with van der Waals surface area (Å²) in [5, 5.41) is 8.75. The van der Waals surface area contributed by atoms with Gasteiger partial charge in [0.25, 0.3) is 0 Å². The normalized spacial score (nSPS) is 10.9. The van der Waals surface area contributed by atoms with Gasteiger partial charge < -0.3 is 10.6 Å². The molecule has 6 nitrogen and oxygen atoms in total. The molecule has 12 heteroatoms. The first-order valence-electron chi connectivity index (χ1n) is 10.2. The number of carbonyl (C=O) groups is 2. The lowest BCUT2D eigenvalue weighted by atomic mass is 10.1. The van der Waals surface area contributed by atoms with E-state index >= 15 is 0 Å². The van der Waals surface area contributed by atoms with Crippen LogP contribution in [0.5, 0.6) is 0 Å². The maximum atomic E-state index is 13.9. The summed E-state index contributed by atoms with van der Waals surface area (Å²) in [6.45, 7) is 0. The molecule has 0 saturated heterocycles. The smallest absolute Gasteiger partial charge is 0.226 e. The number of amides is 2. The van der Waals surface area contributed by atoms with Crippen LogP contribution in [0.1, 0.15) is 19.3 Å². The number of aromatic nitrogens is 2. The molecule has 2 aromatic heterocycles. The number of carbonyl (C=O) groups excluding carboxylic acids is 2. The monoisotopic (exact) mass is 520 g/mol. The quantitative estimate of drug-likeness (QED) is 0.270. The summed E-state index contributed by atoms with van der Waals surface area (Å²) in [5.74, 6) is -3.65. The van der Waals surface area contributed by atoms with Crippen LogP contribution in [0.15, 0.2) is 47.2 Å². The van der Waals surface area contributed by atoms with Crippen molar-refractivity contribution in [3.8, 4) is 22.5 Å². The number of thiazole rings is 2. The van der Waals surface area contributed by atoms with Gasteiger partial charge in [-0.3, -0.25) is 9.59 Å². The van der Waals surface area contributed by atoms with Crippen molar-refractivity contribution in [2.45, 2.75) is 19.3 Å². The van der Waals surface area contributed by atoms with Crippen LogP contribution in [-0.4, -0.2) is 21.8 Å². The molecule has 35 heavy (non-hydrogen) atoms. The van der Waals surface area contributed by atoms with Crippen LogP contribution >= 0.6 is 22.7 Å². The van der Waals surface area contributed by atoms with Gasteiger partial charge in [0.1, 0.15) is 23.3 Å². The van der Waals surface area contributed by atoms with Crippen LogP contribution in [0.4, 0.5) is 27.8 Å². The van der Waals surface area contributed by atoms with E-state index in [0.29, 0.717) is 0 Å². The van der Waals surface area contributed by atoms with Crippen molar-refractivity contribution in [3.63, 3.8) is 0 Å². The minimum Gasteiger partial charge on any atom is -0.302 e. The highest BCUT2D eigenvalue weighted by molar-refractivity contribution is 7.14. The van der Waals surface area contributed by atoms with Crippen LogP contribution in [0.25, 0.3) is 22.5 Å². The molecule has 2 aromatic carbocycles. The van der Waals surface area contributed by atoms with Gasteiger partial charge in [-0.1, -0.05) is 0 Å². The van der Waals surface area contributed by atoms with E-state index in [-0.39, 0.29) is 63.9 Å². The summed E-state index contributed by atoms with van der Waals surface area (Å²) in [6, 6.07) is 6.29. The van der Waals surface area contributed by atoms with Gasteiger partial charge in [-0.05, 0) is 30.7 Å². The Bertz CT molecular complexity index is 1290. The predicted molar refractivity (Wildman–Crippen MR) is 126 cm³/mol. The lowest BCUT2D eigenvalue weighted by molar-refractivity contribution is -0.117. The summed E-state index contributed by atoms with van der Waals surface area (Å²) in [5.41, 5.74) is 0.774. The first-order valence-corrected chi connectivity index (χ1v) is 12.0. The first-order chi connectivity index (χ1) is 16.8. The largest absolute Gasteiger partial charge is 0.302 e. The SMILES string of the molecule is O=C(CCCC(=O)Nc1nc(-c2ccc(F)cc2F)cs1)Nc1nc(-c2ccc(F)cc2F)cs1. The Hall–Kier alpha value is -3.64. The molecule has 4 aromatic rings. The zero-order chi connectivity index (χ0) is 24.9. The molecule has 0 atom stereocenters. The van der Waals surface area contributed by atoms with Crippen LogP contribution in [0.3, 0.4) is 0 Å². The van der Waals surface area contributed by atoms with Gasteiger partial charge in [-0.15, -0.1) is 22.7 Å². The van der Waals surface area contributed by atoms with E-state index in [1.165, 1.54) is 12.1 Å². The second-order valence-corrected chi connectivity index (χ2v) is 8.99. The first kappa shape index (κ1) is 24.5. The number of hydrogen-bond donors (Lipinski definition) is 2. The number of benzene rings is 2. The number of nitrogens with one attached hydrogen (secondary N) is 2. The van der Waals surface area contributed by atoms with Gasteiger partial charge in [0.2, 0.25) is 11.8 Å². The standard InChI is InChI=1S/C23H16F4N4O2S2/c24-12-4-6-14(16(26)8-12)18-10-34-22(28-18)30-20(32)2-1-3-21(33)31-23-29-19(11-35-23)15-7-5-13(25)9-17(15)27/h4-11H,1-3H2,(H,28,30,32)(H,29,31,33). The summed E-state index contributed by atoms with van der Waals surface area (Å²) in [6.07, 6.45) is 0.321. The van der Waals surface area contributed by atoms with Crippen LogP contribution < -0.4 is 10.6 Å². The molecule has 0 spiro atoms. The number of nitrogens with zero attached hydrogens (tertiary/aromatic N) is 2. The molecule has 180 valence electrons. The molecule has 0 bridgehead atoms. The van der Waals surface area contributed by atoms with Crippen molar-refractivity contribution in [2.75, 3.05) is 10.6 Å². The number of hydrogen-bond acceptors (Lipinski definition) is 6. The maximum Gasteiger partial charge on any atom is 0.226 e. The molecule has 4 rings (SSSR count). The lowest BCUT2D eigenvalue weighted by Crippen LogP contribution is -2.14. The Morgan fingerprint density at radius 2 is 1.14 bits per heavy atom. The highest BCUT2D eigenvalue weighted by Gasteiger charge is 2.14. The minimum absolute atomic E-state index is 0.0388. The van der Waals surface area contributed by atoms with Crippen LogP contribution in [-0.2, 0) is 9.59 Å². The third kappa shape index (κ3) is 6.28. The van der Waals surface area contributed by atoms with Crippen LogP contribution in [0, 0.1) is 23.3 Å². The van der Waals surface area contributed by atoms with Gasteiger partial charge in [-0.25, -0.2) is 27.5 Å². The average Bonchev–Trinajstić information content (AvgIpc) is 3.43. The highest BCUT2D eigenvalue weighted by atomic mass is 32.1. The lowest BCUT2D eigenvalue weighted by Gasteiger charge is -2.03. The van der Waals surface area contributed by atoms with E-state index in [4.69, 9.17) is 0 Å². The van der Waals surface area contributed by atoms with E-state index < -0.39 is 23.3 Å². The third-order valence-electron chi connectivity index (χ3n) is 4.72. The number of anilines is 2. The van der Waals surface area contributed by atoms with E-state index in [1.807, 2.05) is 0 Å². The Kier molecular flexibility index (Phi) is 7.51. The van der Waals surface area contributed by atoms with Crippen LogP contribution in [0.2, 0.25) is 0 Å². The van der Waals surface area contributed by atoms with E-state index in [2.05, 4.69) is 20.6 Å². The molecule has 0 aliphatic rings. The molecule has 0 aliphatic carbocycles. The van der Waals surface area contributed by atoms with Crippen molar-refractivity contribution in [3.05, 3.63) is 70.4 Å². The molecule has 0 radical (unpaired) electrons. The second kappa shape index (κ2) is 10.7. The minimum atomic E-state index is -0.755. The Labute approximate surface area is 204 Å². The van der Waals surface area contributed by atoms with E-state index in [0.717, 1.165) is 46.9 Å². The Morgan fingerprint density at radius 1 is 0.714 bits per heavy atom. The molecular weight excluding hydrogens is 504 g/mol. The van der Waals surface area contributed by atoms with Gasteiger partial charge in [-0.2, -0.15) is 0 Å². The zero-order valence-electron chi connectivity index (χ0n) is 17.8. The Balaban J connectivity index is 1.24. The molecule has 0 unspecified atom stereocenters. The number of halogens is 4. The predicted octanol–water partition coefficient (Wildman–Crippen LogP) is 6.24. The molecule has 0 fully saturated rings. The van der Waals surface area contributed by atoms with Crippen molar-refractivity contribution in [1.29, 1.82) is 0 Å². The van der Waals surface area contributed by atoms with Crippen molar-refractivity contribution in [2.24, 2.45) is 0 Å². The molecular formula is C23H16F4N4O2S2. The second-order valence-electron chi connectivity index (χ2n) is 7.27. The van der Waals surface area contributed by atoms with Crippen molar-refractivity contribution < 1.29 is 27.2 Å². The highest BCUT2D eigenvalue weighted by Crippen LogP contribution is 2.29. The Morgan fingerprint density at radius 3 is 1.54 bits per heavy atom. The maximum absolute atomic E-state index is 13.9. The van der Waals surface area contributed by atoms with Crippen molar-refractivity contribution in [1.82, 2.24) is 9.97 Å². The molecule has 2 heterocycles. The van der Waals surface area contributed by atoms with Gasteiger partial charge in [0.05, 0.1) is 11.4 Å².